The van der Waals surface area contributed by atoms with Gasteiger partial charge in [0, 0.05) is 41.1 Å². The van der Waals surface area contributed by atoms with E-state index in [9.17, 15) is 13.2 Å². The van der Waals surface area contributed by atoms with Gasteiger partial charge in [0.1, 0.15) is 0 Å². The lowest BCUT2D eigenvalue weighted by molar-refractivity contribution is -0.127. The molecule has 2 fully saturated rings. The first-order chi connectivity index (χ1) is 13.4. The molecule has 0 atom stereocenters. The second kappa shape index (κ2) is 8.17. The first-order valence-electron chi connectivity index (χ1n) is 10.2. The van der Waals surface area contributed by atoms with Gasteiger partial charge in [-0.25, -0.2) is 8.42 Å². The fourth-order valence-corrected chi connectivity index (χ4v) is 6.45. The van der Waals surface area contributed by atoms with Gasteiger partial charge in [0.05, 0.1) is 4.90 Å². The molecular weight excluding hydrogens is 410 g/mol. The van der Waals surface area contributed by atoms with Gasteiger partial charge in [-0.05, 0) is 77.6 Å². The van der Waals surface area contributed by atoms with Crippen LogP contribution in [0.4, 0.5) is 0 Å². The Morgan fingerprint density at radius 2 is 1.59 bits per heavy atom. The maximum Gasteiger partial charge on any atom is 0.243 e. The van der Waals surface area contributed by atoms with Crippen LogP contribution in [0.1, 0.15) is 53.4 Å². The lowest BCUT2D eigenvalue weighted by atomic mass is 9.79. The molecule has 3 rings (SSSR count). The average molecular weight is 442 g/mol. The van der Waals surface area contributed by atoms with Crippen molar-refractivity contribution in [2.75, 3.05) is 13.1 Å². The molecule has 162 valence electrons. The molecule has 2 saturated heterocycles. The van der Waals surface area contributed by atoms with Crippen LogP contribution in [-0.4, -0.2) is 48.8 Å². The van der Waals surface area contributed by atoms with Crippen molar-refractivity contribution < 1.29 is 13.2 Å². The van der Waals surface area contributed by atoms with Crippen LogP contribution >= 0.6 is 11.6 Å². The highest BCUT2D eigenvalue weighted by molar-refractivity contribution is 7.89. The number of rotatable bonds is 4. The van der Waals surface area contributed by atoms with E-state index in [1.165, 1.54) is 16.4 Å². The van der Waals surface area contributed by atoms with E-state index >= 15 is 0 Å². The molecule has 1 aromatic carbocycles. The summed E-state index contributed by atoms with van der Waals surface area (Å²) in [5, 5.41) is 7.36. The van der Waals surface area contributed by atoms with Crippen LogP contribution in [-0.2, 0) is 14.8 Å². The van der Waals surface area contributed by atoms with Gasteiger partial charge in [0.25, 0.3) is 0 Å². The van der Waals surface area contributed by atoms with Gasteiger partial charge in [0.15, 0.2) is 0 Å². The molecule has 6 nitrogen and oxygen atoms in total. The zero-order valence-corrected chi connectivity index (χ0v) is 19.2. The molecule has 0 radical (unpaired) electrons. The number of carbonyl (C=O) groups excluding carboxylic acids is 1. The molecule has 1 aromatic rings. The summed E-state index contributed by atoms with van der Waals surface area (Å²) in [6.07, 6.45) is 2.84. The summed E-state index contributed by atoms with van der Waals surface area (Å²) in [4.78, 5) is 13.1. The third kappa shape index (κ3) is 5.51. The number of amides is 1. The first kappa shape index (κ1) is 22.5. The van der Waals surface area contributed by atoms with Crippen LogP contribution < -0.4 is 10.6 Å². The van der Waals surface area contributed by atoms with Gasteiger partial charge in [-0.2, -0.15) is 4.31 Å². The van der Waals surface area contributed by atoms with Gasteiger partial charge in [-0.1, -0.05) is 11.6 Å². The summed E-state index contributed by atoms with van der Waals surface area (Å²) in [5.41, 5.74) is -0.0640. The van der Waals surface area contributed by atoms with Gasteiger partial charge < -0.3 is 10.6 Å². The first-order valence-corrected chi connectivity index (χ1v) is 12.1. The van der Waals surface area contributed by atoms with E-state index in [1.807, 2.05) is 0 Å². The monoisotopic (exact) mass is 441 g/mol. The quantitative estimate of drug-likeness (QED) is 0.752. The van der Waals surface area contributed by atoms with Crippen molar-refractivity contribution in [2.24, 2.45) is 5.92 Å². The van der Waals surface area contributed by atoms with Crippen molar-refractivity contribution in [3.05, 3.63) is 29.3 Å². The van der Waals surface area contributed by atoms with Crippen molar-refractivity contribution in [1.82, 2.24) is 14.9 Å². The number of sulfonamides is 1. The van der Waals surface area contributed by atoms with Crippen LogP contribution in [0.5, 0.6) is 0 Å². The lowest BCUT2D eigenvalue weighted by Crippen LogP contribution is -2.62. The third-order valence-electron chi connectivity index (χ3n) is 5.81. The minimum Gasteiger partial charge on any atom is -0.353 e. The summed E-state index contributed by atoms with van der Waals surface area (Å²) in [6, 6.07) is 6.34. The van der Waals surface area contributed by atoms with Crippen LogP contribution in [0.3, 0.4) is 0 Å². The van der Waals surface area contributed by atoms with Crippen molar-refractivity contribution in [2.45, 2.75) is 75.4 Å². The summed E-state index contributed by atoms with van der Waals surface area (Å²) in [6.45, 7) is 9.35. The van der Waals surface area contributed by atoms with Gasteiger partial charge in [0.2, 0.25) is 15.9 Å². The van der Waals surface area contributed by atoms with Crippen LogP contribution in [0, 0.1) is 5.92 Å². The molecule has 2 aliphatic heterocycles. The Bertz CT molecular complexity index is 828. The Kier molecular flexibility index (Phi) is 6.35. The van der Waals surface area contributed by atoms with Gasteiger partial charge in [-0.3, -0.25) is 4.79 Å². The molecule has 29 heavy (non-hydrogen) atoms. The number of piperidine rings is 2. The van der Waals surface area contributed by atoms with E-state index in [0.717, 1.165) is 12.8 Å². The number of nitrogens with one attached hydrogen (secondary N) is 2. The zero-order valence-electron chi connectivity index (χ0n) is 17.7. The molecule has 0 aromatic heterocycles. The number of halogens is 1. The Balaban J connectivity index is 1.57. The number of hydrogen-bond donors (Lipinski definition) is 2. The number of hydrogen-bond acceptors (Lipinski definition) is 4. The highest BCUT2D eigenvalue weighted by Crippen LogP contribution is 2.30. The van der Waals surface area contributed by atoms with Gasteiger partial charge >= 0.3 is 0 Å². The van der Waals surface area contributed by atoms with Crippen molar-refractivity contribution in [3.8, 4) is 0 Å². The fraction of sp³-hybridized carbons (Fsp3) is 0.667. The fourth-order valence-electron chi connectivity index (χ4n) is 4.86. The van der Waals surface area contributed by atoms with Gasteiger partial charge in [-0.15, -0.1) is 0 Å². The SMILES string of the molecule is CC1(C)CC(NC(=O)C2CCN(S(=O)(=O)c3ccc(Cl)cc3)CC2)CC(C)(C)N1. The van der Waals surface area contributed by atoms with E-state index in [2.05, 4.69) is 38.3 Å². The third-order valence-corrected chi connectivity index (χ3v) is 7.98. The topological polar surface area (TPSA) is 78.5 Å². The standard InChI is InChI=1S/C21H32ClN3O3S/c1-20(2)13-17(14-21(3,4)24-20)23-19(26)15-9-11-25(12-10-15)29(27,28)18-7-5-16(22)6-8-18/h5-8,15,17,24H,9-14H2,1-4H3,(H,23,26). The summed E-state index contributed by atoms with van der Waals surface area (Å²) >= 11 is 5.86. The predicted octanol–water partition coefficient (Wildman–Crippen LogP) is 3.17. The lowest BCUT2D eigenvalue weighted by Gasteiger charge is -2.47. The smallest absolute Gasteiger partial charge is 0.243 e. The van der Waals surface area contributed by atoms with E-state index < -0.39 is 10.0 Å². The molecule has 2 heterocycles. The average Bonchev–Trinajstić information content (AvgIpc) is 2.59. The van der Waals surface area contributed by atoms with E-state index in [0.29, 0.717) is 31.0 Å². The number of benzene rings is 1. The zero-order chi connectivity index (χ0) is 21.4. The maximum atomic E-state index is 12.8. The summed E-state index contributed by atoms with van der Waals surface area (Å²) < 4.78 is 27.1. The number of carbonyl (C=O) groups is 1. The van der Waals surface area contributed by atoms with E-state index in [4.69, 9.17) is 11.6 Å². The van der Waals surface area contributed by atoms with Crippen molar-refractivity contribution >= 4 is 27.5 Å². The minimum absolute atomic E-state index is 0.0320. The van der Waals surface area contributed by atoms with E-state index in [1.54, 1.807) is 12.1 Å². The van der Waals surface area contributed by atoms with Crippen molar-refractivity contribution in [1.29, 1.82) is 0 Å². The maximum absolute atomic E-state index is 12.8. The highest BCUT2D eigenvalue weighted by Gasteiger charge is 2.39. The molecule has 2 aliphatic rings. The minimum atomic E-state index is -3.55. The second-order valence-electron chi connectivity index (χ2n) is 9.64. The molecule has 2 N–H and O–H groups in total. The molecule has 1 amide bonds. The van der Waals surface area contributed by atoms with E-state index in [-0.39, 0.29) is 33.8 Å². The summed E-state index contributed by atoms with van der Waals surface area (Å²) in [5.74, 6) is -0.0974. The Hall–Kier alpha value is -1.15. The Labute approximate surface area is 179 Å². The molecule has 0 spiro atoms. The molecule has 0 saturated carbocycles. The Morgan fingerprint density at radius 1 is 1.07 bits per heavy atom. The molecule has 0 aliphatic carbocycles. The van der Waals surface area contributed by atoms with Crippen LogP contribution in [0.2, 0.25) is 5.02 Å². The molecule has 8 heteroatoms. The molecule has 0 unspecified atom stereocenters. The van der Waals surface area contributed by atoms with Crippen LogP contribution in [0.25, 0.3) is 0 Å². The summed E-state index contributed by atoms with van der Waals surface area (Å²) in [7, 11) is -3.55. The molecular formula is C21H32ClN3O3S. The van der Waals surface area contributed by atoms with Crippen molar-refractivity contribution in [3.63, 3.8) is 0 Å². The number of nitrogens with zero attached hydrogens (tertiary/aromatic N) is 1. The highest BCUT2D eigenvalue weighted by atomic mass is 35.5. The Morgan fingerprint density at radius 3 is 2.10 bits per heavy atom. The van der Waals surface area contributed by atoms with Crippen LogP contribution in [0.15, 0.2) is 29.2 Å². The second-order valence-corrected chi connectivity index (χ2v) is 12.0. The largest absolute Gasteiger partial charge is 0.353 e. The normalized spacial score (nSPS) is 23.6. The molecule has 0 bridgehead atoms. The predicted molar refractivity (Wildman–Crippen MR) is 115 cm³/mol.